The molecule has 110 valence electrons. The van der Waals surface area contributed by atoms with Crippen LogP contribution in [-0.4, -0.2) is 4.99 Å². The van der Waals surface area contributed by atoms with Crippen LogP contribution in [0.25, 0.3) is 0 Å². The molecule has 0 heterocycles. The number of thiocarbonyl (C=S) groups is 1. The lowest BCUT2D eigenvalue weighted by Crippen LogP contribution is -2.09. The molecule has 4 heteroatoms. The van der Waals surface area contributed by atoms with Crippen LogP contribution >= 0.6 is 23.8 Å². The number of halogens is 1. The van der Waals surface area contributed by atoms with Crippen molar-refractivity contribution in [2.45, 2.75) is 26.2 Å². The summed E-state index contributed by atoms with van der Waals surface area (Å²) >= 11 is 11.2. The molecule has 0 fully saturated rings. The van der Waals surface area contributed by atoms with E-state index in [1.54, 1.807) is 6.07 Å². The molecule has 0 aliphatic heterocycles. The molecule has 0 atom stereocenters. The van der Waals surface area contributed by atoms with Crippen molar-refractivity contribution in [1.29, 1.82) is 0 Å². The maximum atomic E-state index is 6.25. The molecule has 0 aliphatic carbocycles. The van der Waals surface area contributed by atoms with Crippen LogP contribution in [0, 0.1) is 0 Å². The third-order valence-electron chi connectivity index (χ3n) is 3.31. The van der Waals surface area contributed by atoms with E-state index < -0.39 is 0 Å². The number of anilines is 2. The summed E-state index contributed by atoms with van der Waals surface area (Å²) in [7, 11) is 0. The zero-order valence-corrected chi connectivity index (χ0v) is 13.6. The monoisotopic (exact) mass is 318 g/mol. The van der Waals surface area contributed by atoms with Gasteiger partial charge < -0.3 is 11.1 Å². The maximum absolute atomic E-state index is 6.25. The summed E-state index contributed by atoms with van der Waals surface area (Å²) < 4.78 is 0. The van der Waals surface area contributed by atoms with Gasteiger partial charge in [-0.1, -0.05) is 49.3 Å². The van der Waals surface area contributed by atoms with E-state index in [4.69, 9.17) is 29.6 Å². The summed E-state index contributed by atoms with van der Waals surface area (Å²) in [6.07, 6.45) is 3.56. The number of benzene rings is 2. The van der Waals surface area contributed by atoms with E-state index >= 15 is 0 Å². The van der Waals surface area contributed by atoms with Gasteiger partial charge in [-0.3, -0.25) is 0 Å². The second kappa shape index (κ2) is 7.43. The van der Waals surface area contributed by atoms with E-state index in [0.717, 1.165) is 23.4 Å². The Morgan fingerprint density at radius 1 is 1.19 bits per heavy atom. The Kier molecular flexibility index (Phi) is 5.59. The number of unbranched alkanes of at least 4 members (excludes halogenated alkanes) is 1. The number of hydrogen-bond acceptors (Lipinski definition) is 2. The van der Waals surface area contributed by atoms with E-state index in [2.05, 4.69) is 36.5 Å². The topological polar surface area (TPSA) is 38.0 Å². The molecule has 3 N–H and O–H groups in total. The van der Waals surface area contributed by atoms with Gasteiger partial charge in [0.2, 0.25) is 0 Å². The van der Waals surface area contributed by atoms with E-state index in [-0.39, 0.29) is 0 Å². The highest BCUT2D eigenvalue weighted by Crippen LogP contribution is 2.26. The maximum Gasteiger partial charge on any atom is 0.104 e. The van der Waals surface area contributed by atoms with Gasteiger partial charge in [-0.05, 0) is 48.7 Å². The minimum Gasteiger partial charge on any atom is -0.389 e. The SMILES string of the molecule is CCCCc1ccc(Nc2ccc(C(N)=S)cc2Cl)cc1. The second-order valence-electron chi connectivity index (χ2n) is 4.98. The van der Waals surface area contributed by atoms with Crippen LogP contribution in [0.3, 0.4) is 0 Å². The van der Waals surface area contributed by atoms with Gasteiger partial charge in [-0.25, -0.2) is 0 Å². The molecule has 0 spiro atoms. The molecule has 0 aromatic heterocycles. The predicted molar refractivity (Wildman–Crippen MR) is 95.7 cm³/mol. The normalized spacial score (nSPS) is 10.4. The lowest BCUT2D eigenvalue weighted by molar-refractivity contribution is 0.795. The number of hydrogen-bond donors (Lipinski definition) is 2. The molecule has 0 radical (unpaired) electrons. The van der Waals surface area contributed by atoms with Gasteiger partial charge in [0.15, 0.2) is 0 Å². The molecule has 21 heavy (non-hydrogen) atoms. The summed E-state index contributed by atoms with van der Waals surface area (Å²) in [5.41, 5.74) is 9.59. The van der Waals surface area contributed by atoms with Gasteiger partial charge in [0.1, 0.15) is 4.99 Å². The van der Waals surface area contributed by atoms with Crippen molar-refractivity contribution < 1.29 is 0 Å². The van der Waals surface area contributed by atoms with E-state index in [0.29, 0.717) is 10.0 Å². The third-order valence-corrected chi connectivity index (χ3v) is 3.85. The number of aryl methyl sites for hydroxylation is 1. The van der Waals surface area contributed by atoms with Crippen LogP contribution in [0.5, 0.6) is 0 Å². The third kappa shape index (κ3) is 4.45. The summed E-state index contributed by atoms with van der Waals surface area (Å²) in [4.78, 5) is 0.351. The van der Waals surface area contributed by atoms with Crippen LogP contribution < -0.4 is 11.1 Å². The van der Waals surface area contributed by atoms with Gasteiger partial charge in [-0.15, -0.1) is 0 Å². The smallest absolute Gasteiger partial charge is 0.104 e. The Labute approximate surface area is 136 Å². The molecule has 0 aliphatic rings. The minimum absolute atomic E-state index is 0.351. The minimum atomic E-state index is 0.351. The van der Waals surface area contributed by atoms with Crippen LogP contribution in [0.15, 0.2) is 42.5 Å². The molecule has 2 aromatic rings. The zero-order valence-electron chi connectivity index (χ0n) is 12.0. The molecule has 2 nitrogen and oxygen atoms in total. The molecule has 0 saturated heterocycles. The molecule has 0 unspecified atom stereocenters. The molecular formula is C17H19ClN2S. The Morgan fingerprint density at radius 2 is 1.90 bits per heavy atom. The summed E-state index contributed by atoms with van der Waals surface area (Å²) in [6.45, 7) is 2.20. The number of rotatable bonds is 6. The Morgan fingerprint density at radius 3 is 2.48 bits per heavy atom. The molecule has 0 bridgehead atoms. The van der Waals surface area contributed by atoms with Crippen molar-refractivity contribution in [3.8, 4) is 0 Å². The Balaban J connectivity index is 2.09. The van der Waals surface area contributed by atoms with Crippen LogP contribution in [-0.2, 0) is 6.42 Å². The molecule has 0 saturated carbocycles. The standard InChI is InChI=1S/C17H19ClN2S/c1-2-3-4-12-5-8-14(9-6-12)20-16-10-7-13(17(19)21)11-15(16)18/h5-11,20H,2-4H2,1H3,(H2,19,21). The van der Waals surface area contributed by atoms with Crippen molar-refractivity contribution in [2.75, 3.05) is 5.32 Å². The highest BCUT2D eigenvalue weighted by Gasteiger charge is 2.04. The van der Waals surface area contributed by atoms with Gasteiger partial charge in [0.25, 0.3) is 0 Å². The Hall–Kier alpha value is -1.58. The zero-order chi connectivity index (χ0) is 15.2. The quantitative estimate of drug-likeness (QED) is 0.731. The molecule has 2 rings (SSSR count). The number of nitrogens with one attached hydrogen (secondary N) is 1. The number of nitrogens with two attached hydrogens (primary N) is 1. The second-order valence-corrected chi connectivity index (χ2v) is 5.83. The van der Waals surface area contributed by atoms with Crippen LogP contribution in [0.1, 0.15) is 30.9 Å². The predicted octanol–water partition coefficient (Wildman–Crippen LogP) is 5.06. The first-order valence-corrected chi connectivity index (χ1v) is 7.84. The lowest BCUT2D eigenvalue weighted by Gasteiger charge is -2.10. The fourth-order valence-electron chi connectivity index (χ4n) is 2.06. The summed E-state index contributed by atoms with van der Waals surface area (Å²) in [6, 6.07) is 14.0. The van der Waals surface area contributed by atoms with E-state index in [9.17, 15) is 0 Å². The van der Waals surface area contributed by atoms with Crippen molar-refractivity contribution in [1.82, 2.24) is 0 Å². The van der Waals surface area contributed by atoms with Gasteiger partial charge in [-0.2, -0.15) is 0 Å². The fourth-order valence-corrected chi connectivity index (χ4v) is 2.42. The summed E-state index contributed by atoms with van der Waals surface area (Å²) in [5.74, 6) is 0. The fraction of sp³-hybridized carbons (Fsp3) is 0.235. The largest absolute Gasteiger partial charge is 0.389 e. The van der Waals surface area contributed by atoms with Crippen LogP contribution in [0.2, 0.25) is 5.02 Å². The van der Waals surface area contributed by atoms with E-state index in [1.165, 1.54) is 18.4 Å². The average molecular weight is 319 g/mol. The van der Waals surface area contributed by atoms with Crippen LogP contribution in [0.4, 0.5) is 11.4 Å². The highest BCUT2D eigenvalue weighted by molar-refractivity contribution is 7.80. The van der Waals surface area contributed by atoms with Gasteiger partial charge in [0, 0.05) is 11.3 Å². The van der Waals surface area contributed by atoms with Crippen molar-refractivity contribution in [3.05, 3.63) is 58.6 Å². The van der Waals surface area contributed by atoms with Gasteiger partial charge >= 0.3 is 0 Å². The van der Waals surface area contributed by atoms with Crippen molar-refractivity contribution >= 4 is 40.2 Å². The average Bonchev–Trinajstić information content (AvgIpc) is 2.48. The molecule has 0 amide bonds. The highest BCUT2D eigenvalue weighted by atomic mass is 35.5. The summed E-state index contributed by atoms with van der Waals surface area (Å²) in [5, 5.41) is 3.91. The first-order chi connectivity index (χ1) is 10.1. The Bertz CT molecular complexity index is 623. The molecular weight excluding hydrogens is 300 g/mol. The molecule has 2 aromatic carbocycles. The first kappa shape index (κ1) is 15.8. The first-order valence-electron chi connectivity index (χ1n) is 7.05. The van der Waals surface area contributed by atoms with Crippen molar-refractivity contribution in [3.63, 3.8) is 0 Å². The van der Waals surface area contributed by atoms with Gasteiger partial charge in [0.05, 0.1) is 10.7 Å². The van der Waals surface area contributed by atoms with E-state index in [1.807, 2.05) is 12.1 Å². The lowest BCUT2D eigenvalue weighted by atomic mass is 10.1. The van der Waals surface area contributed by atoms with Crippen molar-refractivity contribution in [2.24, 2.45) is 5.73 Å².